The molecule has 0 radical (unpaired) electrons. The molecule has 0 saturated carbocycles. The topological polar surface area (TPSA) is 59.1 Å². The lowest BCUT2D eigenvalue weighted by molar-refractivity contribution is 0.601. The summed E-state index contributed by atoms with van der Waals surface area (Å²) in [6.07, 6.45) is 0. The first-order chi connectivity index (χ1) is 13.8. The van der Waals surface area contributed by atoms with E-state index in [0.717, 1.165) is 26.4 Å². The Morgan fingerprint density at radius 2 is 1.62 bits per heavy atom. The van der Waals surface area contributed by atoms with Crippen LogP contribution in [0.3, 0.4) is 0 Å². The van der Waals surface area contributed by atoms with Gasteiger partial charge in [-0.1, -0.05) is 32.0 Å². The van der Waals surface area contributed by atoms with Crippen molar-refractivity contribution in [1.29, 1.82) is 0 Å². The van der Waals surface area contributed by atoms with Crippen molar-refractivity contribution < 1.29 is 8.42 Å². The van der Waals surface area contributed by atoms with Crippen LogP contribution in [0, 0.1) is 6.92 Å². The second-order valence-electron chi connectivity index (χ2n) is 7.40. The molecule has 0 aliphatic carbocycles. The van der Waals surface area contributed by atoms with Gasteiger partial charge in [0.05, 0.1) is 15.1 Å². The van der Waals surface area contributed by atoms with E-state index >= 15 is 0 Å². The van der Waals surface area contributed by atoms with Gasteiger partial charge in [0.25, 0.3) is 10.0 Å². The van der Waals surface area contributed by atoms with E-state index in [1.165, 1.54) is 5.56 Å². The normalized spacial score (nSPS) is 11.9. The molecular formula is C23H22N2O2S2. The number of anilines is 1. The van der Waals surface area contributed by atoms with Crippen molar-refractivity contribution in [2.45, 2.75) is 31.6 Å². The van der Waals surface area contributed by atoms with E-state index in [1.54, 1.807) is 35.6 Å². The Balaban J connectivity index is 1.55. The fourth-order valence-corrected chi connectivity index (χ4v) is 5.21. The first kappa shape index (κ1) is 19.6. The number of aryl methyl sites for hydroxylation is 1. The summed E-state index contributed by atoms with van der Waals surface area (Å²) in [5.74, 6) is 0.360. The van der Waals surface area contributed by atoms with Gasteiger partial charge in [-0.2, -0.15) is 0 Å². The van der Waals surface area contributed by atoms with Gasteiger partial charge < -0.3 is 0 Å². The second-order valence-corrected chi connectivity index (χ2v) is 10.1. The van der Waals surface area contributed by atoms with Crippen molar-refractivity contribution in [2.24, 2.45) is 0 Å². The van der Waals surface area contributed by atoms with E-state index in [0.29, 0.717) is 11.6 Å². The number of sulfonamides is 1. The predicted octanol–water partition coefficient (Wildman–Crippen LogP) is 6.20. The molecule has 4 aromatic rings. The standard InChI is InChI=1S/C23H22N2O2S2/c1-15(2)17-7-11-20(12-8-17)29(26,27)25-19-9-5-18(6-10-19)23-24-21-13-4-16(3)14-22(21)28-23/h4-15,25H,1-3H3. The van der Waals surface area contributed by atoms with E-state index in [2.05, 4.69) is 42.6 Å². The lowest BCUT2D eigenvalue weighted by Gasteiger charge is -2.10. The summed E-state index contributed by atoms with van der Waals surface area (Å²) in [6, 6.07) is 20.5. The largest absolute Gasteiger partial charge is 0.280 e. The highest BCUT2D eigenvalue weighted by atomic mass is 32.2. The van der Waals surface area contributed by atoms with E-state index < -0.39 is 10.0 Å². The quantitative estimate of drug-likeness (QED) is 0.417. The summed E-state index contributed by atoms with van der Waals surface area (Å²) in [5, 5.41) is 0.921. The molecule has 0 aliphatic rings. The van der Waals surface area contributed by atoms with Crippen LogP contribution >= 0.6 is 11.3 Å². The summed E-state index contributed by atoms with van der Waals surface area (Å²) < 4.78 is 29.1. The molecular weight excluding hydrogens is 400 g/mol. The van der Waals surface area contributed by atoms with Crippen molar-refractivity contribution in [2.75, 3.05) is 4.72 Å². The van der Waals surface area contributed by atoms with Crippen molar-refractivity contribution in [3.63, 3.8) is 0 Å². The minimum absolute atomic E-state index is 0.257. The summed E-state index contributed by atoms with van der Waals surface area (Å²) in [7, 11) is -3.62. The molecule has 148 valence electrons. The summed E-state index contributed by atoms with van der Waals surface area (Å²) in [6.45, 7) is 6.22. The number of aromatic nitrogens is 1. The van der Waals surface area contributed by atoms with Crippen molar-refractivity contribution >= 4 is 37.3 Å². The molecule has 6 heteroatoms. The van der Waals surface area contributed by atoms with Crippen LogP contribution in [0.2, 0.25) is 0 Å². The molecule has 4 nitrogen and oxygen atoms in total. The molecule has 4 rings (SSSR count). The number of nitrogens with zero attached hydrogens (tertiary/aromatic N) is 1. The first-order valence-electron chi connectivity index (χ1n) is 9.42. The minimum atomic E-state index is -3.62. The number of hydrogen-bond donors (Lipinski definition) is 1. The van der Waals surface area contributed by atoms with Crippen molar-refractivity contribution in [3.8, 4) is 10.6 Å². The molecule has 1 aromatic heterocycles. The third kappa shape index (κ3) is 4.18. The highest BCUT2D eigenvalue weighted by molar-refractivity contribution is 7.92. The van der Waals surface area contributed by atoms with Crippen LogP contribution in [0.4, 0.5) is 5.69 Å². The maximum atomic E-state index is 12.7. The maximum Gasteiger partial charge on any atom is 0.261 e. The minimum Gasteiger partial charge on any atom is -0.280 e. The molecule has 0 amide bonds. The number of hydrogen-bond acceptors (Lipinski definition) is 4. The molecule has 0 spiro atoms. The van der Waals surface area contributed by atoms with Crippen LogP contribution < -0.4 is 4.72 Å². The van der Waals surface area contributed by atoms with Crippen molar-refractivity contribution in [1.82, 2.24) is 4.98 Å². The molecule has 1 heterocycles. The van der Waals surface area contributed by atoms with Crippen LogP contribution in [-0.4, -0.2) is 13.4 Å². The molecule has 0 unspecified atom stereocenters. The Morgan fingerprint density at radius 1 is 0.931 bits per heavy atom. The highest BCUT2D eigenvalue weighted by Crippen LogP contribution is 2.31. The number of fused-ring (bicyclic) bond motifs is 1. The van der Waals surface area contributed by atoms with E-state index in [-0.39, 0.29) is 4.90 Å². The molecule has 3 aromatic carbocycles. The molecule has 29 heavy (non-hydrogen) atoms. The Morgan fingerprint density at radius 3 is 2.28 bits per heavy atom. The Bertz CT molecular complexity index is 1260. The summed E-state index contributed by atoms with van der Waals surface area (Å²) in [5.41, 5.74) is 4.79. The number of nitrogens with one attached hydrogen (secondary N) is 1. The molecule has 0 fully saturated rings. The first-order valence-corrected chi connectivity index (χ1v) is 11.7. The van der Waals surface area contributed by atoms with Gasteiger partial charge in [0.1, 0.15) is 5.01 Å². The zero-order chi connectivity index (χ0) is 20.6. The third-order valence-corrected chi connectivity index (χ3v) is 7.25. The van der Waals surface area contributed by atoms with Crippen LogP contribution in [0.1, 0.15) is 30.9 Å². The lowest BCUT2D eigenvalue weighted by Crippen LogP contribution is -2.12. The van der Waals surface area contributed by atoms with E-state index in [9.17, 15) is 8.42 Å². The third-order valence-electron chi connectivity index (χ3n) is 4.79. The van der Waals surface area contributed by atoms with E-state index in [4.69, 9.17) is 0 Å². The Labute approximate surface area is 175 Å². The molecule has 0 bridgehead atoms. The molecule has 0 atom stereocenters. The van der Waals surface area contributed by atoms with Crippen LogP contribution in [0.25, 0.3) is 20.8 Å². The smallest absolute Gasteiger partial charge is 0.261 e. The number of benzene rings is 3. The summed E-state index contributed by atoms with van der Waals surface area (Å²) >= 11 is 1.63. The fourth-order valence-electron chi connectivity index (χ4n) is 3.08. The SMILES string of the molecule is Cc1ccc2nc(-c3ccc(NS(=O)(=O)c4ccc(C(C)C)cc4)cc3)sc2c1. The Hall–Kier alpha value is -2.70. The number of rotatable bonds is 5. The van der Waals surface area contributed by atoms with Gasteiger partial charge in [0.15, 0.2) is 0 Å². The van der Waals surface area contributed by atoms with E-state index in [1.807, 2.05) is 30.3 Å². The van der Waals surface area contributed by atoms with Crippen molar-refractivity contribution in [3.05, 3.63) is 77.9 Å². The average molecular weight is 423 g/mol. The molecule has 0 aliphatic heterocycles. The zero-order valence-corrected chi connectivity index (χ0v) is 18.1. The molecule has 0 saturated heterocycles. The Kier molecular flexibility index (Phi) is 5.15. The van der Waals surface area contributed by atoms with Gasteiger partial charge in [0, 0.05) is 11.3 Å². The fraction of sp³-hybridized carbons (Fsp3) is 0.174. The van der Waals surface area contributed by atoms with Gasteiger partial charge in [-0.3, -0.25) is 4.72 Å². The van der Waals surface area contributed by atoms with Crippen LogP contribution in [-0.2, 0) is 10.0 Å². The van der Waals surface area contributed by atoms with Gasteiger partial charge in [-0.25, -0.2) is 13.4 Å². The van der Waals surface area contributed by atoms with Gasteiger partial charge >= 0.3 is 0 Å². The van der Waals surface area contributed by atoms with Gasteiger partial charge in [-0.05, 0) is 72.5 Å². The average Bonchev–Trinajstić information content (AvgIpc) is 3.11. The van der Waals surface area contributed by atoms with Crippen LogP contribution in [0.5, 0.6) is 0 Å². The maximum absolute atomic E-state index is 12.7. The highest BCUT2D eigenvalue weighted by Gasteiger charge is 2.15. The van der Waals surface area contributed by atoms with Crippen LogP contribution in [0.15, 0.2) is 71.6 Å². The monoisotopic (exact) mass is 422 g/mol. The van der Waals surface area contributed by atoms with Gasteiger partial charge in [0.2, 0.25) is 0 Å². The molecule has 1 N–H and O–H groups in total. The number of thiazole rings is 1. The summed E-state index contributed by atoms with van der Waals surface area (Å²) in [4.78, 5) is 4.94. The predicted molar refractivity (Wildman–Crippen MR) is 121 cm³/mol. The lowest BCUT2D eigenvalue weighted by atomic mass is 10.0. The van der Waals surface area contributed by atoms with Gasteiger partial charge in [-0.15, -0.1) is 11.3 Å². The second kappa shape index (κ2) is 7.61. The zero-order valence-electron chi connectivity index (χ0n) is 16.5.